The minimum atomic E-state index is -0.254. The number of amides is 1. The van der Waals surface area contributed by atoms with E-state index in [1.165, 1.54) is 11.3 Å². The quantitative estimate of drug-likeness (QED) is 0.799. The van der Waals surface area contributed by atoms with Gasteiger partial charge in [0, 0.05) is 23.1 Å². The first-order valence-corrected chi connectivity index (χ1v) is 7.42. The van der Waals surface area contributed by atoms with Crippen LogP contribution in [0, 0.1) is 0 Å². The second kappa shape index (κ2) is 5.44. The van der Waals surface area contributed by atoms with Crippen LogP contribution in [0.4, 0.5) is 0 Å². The molecule has 4 nitrogen and oxygen atoms in total. The van der Waals surface area contributed by atoms with E-state index in [0.717, 1.165) is 5.56 Å². The van der Waals surface area contributed by atoms with Gasteiger partial charge in [-0.15, -0.1) is 11.3 Å². The second-order valence-corrected chi connectivity index (χ2v) is 5.78. The highest BCUT2D eigenvalue weighted by Gasteiger charge is 2.18. The van der Waals surface area contributed by atoms with Gasteiger partial charge in [-0.05, 0) is 17.7 Å². The zero-order chi connectivity index (χ0) is 14.1. The summed E-state index contributed by atoms with van der Waals surface area (Å²) in [6.07, 6.45) is 1.77. The summed E-state index contributed by atoms with van der Waals surface area (Å²) in [5.74, 6) is -0.254. The van der Waals surface area contributed by atoms with Crippen LogP contribution < -0.4 is 5.32 Å². The molecule has 1 N–H and O–H groups in total. The number of fused-ring (bicyclic) bond motifs is 1. The molecule has 0 saturated heterocycles. The molecular formula is C13H9Cl2N3OS. The highest BCUT2D eigenvalue weighted by atomic mass is 35.5. The summed E-state index contributed by atoms with van der Waals surface area (Å²) in [5, 5.41) is 5.56. The molecule has 0 fully saturated rings. The molecule has 0 aliphatic heterocycles. The lowest BCUT2D eigenvalue weighted by atomic mass is 10.2. The van der Waals surface area contributed by atoms with E-state index >= 15 is 0 Å². The van der Waals surface area contributed by atoms with Crippen molar-refractivity contribution in [1.29, 1.82) is 0 Å². The Morgan fingerprint density at radius 1 is 1.30 bits per heavy atom. The SMILES string of the molecule is O=C(NCc1ccc(Cl)cc1)c1c(Cl)nc2sccn12. The van der Waals surface area contributed by atoms with E-state index in [0.29, 0.717) is 22.2 Å². The standard InChI is InChI=1S/C13H9Cl2N3OS/c14-9-3-1-8(2-4-9)7-16-12(19)10-11(15)17-13-18(10)5-6-20-13/h1-6H,7H2,(H,16,19). The number of carbonyl (C=O) groups excluding carboxylic acids is 1. The van der Waals surface area contributed by atoms with E-state index in [1.54, 1.807) is 22.7 Å². The monoisotopic (exact) mass is 325 g/mol. The van der Waals surface area contributed by atoms with Gasteiger partial charge in [0.25, 0.3) is 5.91 Å². The van der Waals surface area contributed by atoms with E-state index in [4.69, 9.17) is 23.2 Å². The number of benzene rings is 1. The molecule has 20 heavy (non-hydrogen) atoms. The van der Waals surface area contributed by atoms with Crippen molar-refractivity contribution in [3.8, 4) is 0 Å². The molecule has 0 atom stereocenters. The van der Waals surface area contributed by atoms with Gasteiger partial charge in [0.2, 0.25) is 0 Å². The number of nitrogens with one attached hydrogen (secondary N) is 1. The van der Waals surface area contributed by atoms with Gasteiger partial charge in [-0.25, -0.2) is 4.98 Å². The van der Waals surface area contributed by atoms with Gasteiger partial charge in [0.15, 0.2) is 15.8 Å². The number of hydrogen-bond acceptors (Lipinski definition) is 3. The van der Waals surface area contributed by atoms with E-state index in [1.807, 2.05) is 17.5 Å². The first kappa shape index (κ1) is 13.4. The van der Waals surface area contributed by atoms with Crippen molar-refractivity contribution in [2.45, 2.75) is 6.54 Å². The van der Waals surface area contributed by atoms with Gasteiger partial charge < -0.3 is 5.32 Å². The Morgan fingerprint density at radius 3 is 2.80 bits per heavy atom. The molecule has 3 aromatic rings. The fraction of sp³-hybridized carbons (Fsp3) is 0.0769. The first-order valence-electron chi connectivity index (χ1n) is 5.79. The van der Waals surface area contributed by atoms with E-state index in [2.05, 4.69) is 10.3 Å². The molecule has 1 aromatic carbocycles. The van der Waals surface area contributed by atoms with E-state index in [-0.39, 0.29) is 11.1 Å². The van der Waals surface area contributed by atoms with Gasteiger partial charge in [-0.2, -0.15) is 0 Å². The van der Waals surface area contributed by atoms with Gasteiger partial charge in [0.05, 0.1) is 0 Å². The van der Waals surface area contributed by atoms with Crippen LogP contribution in [0.5, 0.6) is 0 Å². The molecule has 0 aliphatic carbocycles. The van der Waals surface area contributed by atoms with Crippen molar-refractivity contribution < 1.29 is 4.79 Å². The van der Waals surface area contributed by atoms with Gasteiger partial charge in [-0.3, -0.25) is 9.20 Å². The Balaban J connectivity index is 1.77. The number of imidazole rings is 1. The second-order valence-electron chi connectivity index (χ2n) is 4.12. The molecule has 3 rings (SSSR count). The third kappa shape index (κ3) is 2.52. The van der Waals surface area contributed by atoms with E-state index < -0.39 is 0 Å². The number of nitrogens with zero attached hydrogens (tertiary/aromatic N) is 2. The van der Waals surface area contributed by atoms with Crippen LogP contribution in [0.2, 0.25) is 10.2 Å². The number of thiazole rings is 1. The van der Waals surface area contributed by atoms with E-state index in [9.17, 15) is 4.79 Å². The van der Waals surface area contributed by atoms with Gasteiger partial charge >= 0.3 is 0 Å². The molecule has 0 aliphatic rings. The largest absolute Gasteiger partial charge is 0.347 e. The zero-order valence-corrected chi connectivity index (χ0v) is 12.5. The summed E-state index contributed by atoms with van der Waals surface area (Å²) in [4.78, 5) is 17.0. The first-order chi connectivity index (χ1) is 9.65. The van der Waals surface area contributed by atoms with Crippen LogP contribution in [0.25, 0.3) is 4.96 Å². The maximum Gasteiger partial charge on any atom is 0.271 e. The number of carbonyl (C=O) groups is 1. The molecule has 2 heterocycles. The predicted octanol–water partition coefficient (Wildman–Crippen LogP) is 3.63. The van der Waals surface area contributed by atoms with Crippen molar-refractivity contribution in [2.75, 3.05) is 0 Å². The smallest absolute Gasteiger partial charge is 0.271 e. The van der Waals surface area contributed by atoms with Gasteiger partial charge in [-0.1, -0.05) is 35.3 Å². The minimum absolute atomic E-state index is 0.213. The topological polar surface area (TPSA) is 46.4 Å². The highest BCUT2D eigenvalue weighted by molar-refractivity contribution is 7.15. The third-order valence-corrected chi connectivity index (χ3v) is 4.07. The minimum Gasteiger partial charge on any atom is -0.347 e. The van der Waals surface area contributed by atoms with Crippen LogP contribution in [-0.2, 0) is 6.54 Å². The fourth-order valence-electron chi connectivity index (χ4n) is 1.83. The Hall–Kier alpha value is -1.56. The lowest BCUT2D eigenvalue weighted by Gasteiger charge is -2.05. The Morgan fingerprint density at radius 2 is 2.05 bits per heavy atom. The van der Waals surface area contributed by atoms with Crippen LogP contribution in [0.3, 0.4) is 0 Å². The summed E-state index contributed by atoms with van der Waals surface area (Å²) < 4.78 is 1.68. The number of hydrogen-bond donors (Lipinski definition) is 1. The van der Waals surface area contributed by atoms with Crippen LogP contribution in [0.1, 0.15) is 16.1 Å². The van der Waals surface area contributed by atoms with Crippen LogP contribution >= 0.6 is 34.5 Å². The molecule has 0 radical (unpaired) electrons. The molecule has 7 heteroatoms. The summed E-state index contributed by atoms with van der Waals surface area (Å²) in [7, 11) is 0. The summed E-state index contributed by atoms with van der Waals surface area (Å²) in [6, 6.07) is 7.29. The molecule has 1 amide bonds. The highest BCUT2D eigenvalue weighted by Crippen LogP contribution is 2.21. The molecule has 0 unspecified atom stereocenters. The molecular weight excluding hydrogens is 317 g/mol. The lowest BCUT2D eigenvalue weighted by Crippen LogP contribution is -2.24. The molecule has 0 spiro atoms. The lowest BCUT2D eigenvalue weighted by molar-refractivity contribution is 0.0945. The molecule has 2 aromatic heterocycles. The Labute approximate surface area is 129 Å². The maximum absolute atomic E-state index is 12.2. The third-order valence-electron chi connectivity index (χ3n) is 2.80. The Kier molecular flexibility index (Phi) is 3.65. The number of halogens is 2. The van der Waals surface area contributed by atoms with Gasteiger partial charge in [0.1, 0.15) is 0 Å². The molecule has 0 saturated carbocycles. The van der Waals surface area contributed by atoms with Crippen molar-refractivity contribution in [3.63, 3.8) is 0 Å². The maximum atomic E-state index is 12.2. The fourth-order valence-corrected chi connectivity index (χ4v) is 2.98. The van der Waals surface area contributed by atoms with Crippen molar-refractivity contribution in [1.82, 2.24) is 14.7 Å². The zero-order valence-electron chi connectivity index (χ0n) is 10.1. The predicted molar refractivity (Wildman–Crippen MR) is 80.7 cm³/mol. The van der Waals surface area contributed by atoms with Crippen molar-refractivity contribution in [2.24, 2.45) is 0 Å². The number of aromatic nitrogens is 2. The molecule has 0 bridgehead atoms. The summed E-state index contributed by atoms with van der Waals surface area (Å²) in [5.41, 5.74) is 1.32. The van der Waals surface area contributed by atoms with Crippen molar-refractivity contribution in [3.05, 3.63) is 57.3 Å². The van der Waals surface area contributed by atoms with Crippen LogP contribution in [0.15, 0.2) is 35.8 Å². The summed E-state index contributed by atoms with van der Waals surface area (Å²) >= 11 is 13.2. The summed E-state index contributed by atoms with van der Waals surface area (Å²) in [6.45, 7) is 0.406. The Bertz CT molecular complexity index is 764. The molecule has 102 valence electrons. The average molecular weight is 326 g/mol. The van der Waals surface area contributed by atoms with Crippen LogP contribution in [-0.4, -0.2) is 15.3 Å². The van der Waals surface area contributed by atoms with Crippen molar-refractivity contribution >= 4 is 45.4 Å². The normalized spacial score (nSPS) is 10.9. The number of rotatable bonds is 3. The average Bonchev–Trinajstić information content (AvgIpc) is 2.97.